The van der Waals surface area contributed by atoms with Crippen LogP contribution in [0.4, 0.5) is 0 Å². The van der Waals surface area contributed by atoms with Gasteiger partial charge in [-0.15, -0.1) is 0 Å². The Hall–Kier alpha value is -1.46. The van der Waals surface area contributed by atoms with Crippen molar-refractivity contribution < 1.29 is 9.47 Å². The smallest absolute Gasteiger partial charge is 0.169 e. The summed E-state index contributed by atoms with van der Waals surface area (Å²) in [5, 5.41) is 7.01. The molecule has 1 saturated carbocycles. The van der Waals surface area contributed by atoms with E-state index in [2.05, 4.69) is 20.1 Å². The maximum absolute atomic E-state index is 8.33. The van der Waals surface area contributed by atoms with Crippen molar-refractivity contribution in [3.63, 3.8) is 0 Å². The number of hydrogen-bond donors (Lipinski definition) is 0. The summed E-state index contributed by atoms with van der Waals surface area (Å²) in [6.07, 6.45) is 3.23. The Morgan fingerprint density at radius 3 is 1.88 bits per heavy atom. The average Bonchev–Trinajstić information content (AvgIpc) is 2.92. The van der Waals surface area contributed by atoms with Gasteiger partial charge in [0.05, 0.1) is 25.3 Å². The lowest BCUT2D eigenvalue weighted by molar-refractivity contribution is -0.167. The van der Waals surface area contributed by atoms with Crippen LogP contribution in [-0.2, 0) is 9.47 Å². The fourth-order valence-corrected chi connectivity index (χ4v) is 2.42. The largest absolute Gasteiger partial charge is 0.344 e. The normalized spacial score (nSPS) is 29.9. The molecule has 2 atom stereocenters. The van der Waals surface area contributed by atoms with E-state index < -0.39 is 5.79 Å². The number of rotatable bonds is 4. The second kappa shape index (κ2) is 5.25. The summed E-state index contributed by atoms with van der Waals surface area (Å²) < 4.78 is 11.7. The topological polar surface area (TPSA) is 116 Å². The Morgan fingerprint density at radius 2 is 1.47 bits per heavy atom. The molecule has 8 heteroatoms. The fourth-order valence-electron chi connectivity index (χ4n) is 2.42. The monoisotopic (exact) mass is 238 g/mol. The molecule has 1 heterocycles. The lowest BCUT2D eigenvalue weighted by Crippen LogP contribution is -2.27. The molecular weight excluding hydrogens is 224 g/mol. The third kappa shape index (κ3) is 2.62. The zero-order valence-corrected chi connectivity index (χ0v) is 9.40. The maximum Gasteiger partial charge on any atom is 0.169 e. The average molecular weight is 238 g/mol. The lowest BCUT2D eigenvalue weighted by Gasteiger charge is -2.21. The van der Waals surface area contributed by atoms with Crippen molar-refractivity contribution in [3.05, 3.63) is 20.9 Å². The van der Waals surface area contributed by atoms with Gasteiger partial charge in [0.2, 0.25) is 0 Å². The standard InChI is InChI=1S/C9H14N6O2/c10-14-12-5-7-8(6-13-15-11)17-9(16-7)3-1-2-4-9/h7-8H,1-6H2/t7-,8-/m0/s1. The quantitative estimate of drug-likeness (QED) is 0.425. The van der Waals surface area contributed by atoms with E-state index in [0.29, 0.717) is 0 Å². The maximum atomic E-state index is 8.33. The molecule has 8 nitrogen and oxygen atoms in total. The van der Waals surface area contributed by atoms with Gasteiger partial charge in [-0.2, -0.15) is 0 Å². The molecule has 2 rings (SSSR count). The molecule has 1 spiro atoms. The van der Waals surface area contributed by atoms with E-state index in [4.69, 9.17) is 20.5 Å². The van der Waals surface area contributed by atoms with Crippen molar-refractivity contribution >= 4 is 0 Å². The molecule has 1 saturated heterocycles. The zero-order valence-electron chi connectivity index (χ0n) is 9.40. The van der Waals surface area contributed by atoms with Gasteiger partial charge >= 0.3 is 0 Å². The van der Waals surface area contributed by atoms with Gasteiger partial charge in [-0.05, 0) is 23.9 Å². The molecule has 0 unspecified atom stereocenters. The predicted octanol–water partition coefficient (Wildman–Crippen LogP) is 2.66. The summed E-state index contributed by atoms with van der Waals surface area (Å²) >= 11 is 0. The molecule has 1 aliphatic heterocycles. The predicted molar refractivity (Wildman–Crippen MR) is 59.0 cm³/mol. The lowest BCUT2D eigenvalue weighted by atomic mass is 10.2. The van der Waals surface area contributed by atoms with E-state index in [1.807, 2.05) is 0 Å². The van der Waals surface area contributed by atoms with Crippen LogP contribution in [0.1, 0.15) is 25.7 Å². The minimum Gasteiger partial charge on any atom is -0.344 e. The van der Waals surface area contributed by atoms with E-state index in [1.54, 1.807) is 0 Å². The molecular formula is C9H14N6O2. The van der Waals surface area contributed by atoms with E-state index in [9.17, 15) is 0 Å². The van der Waals surface area contributed by atoms with Crippen molar-refractivity contribution in [1.82, 2.24) is 0 Å². The number of nitrogens with zero attached hydrogens (tertiary/aromatic N) is 6. The molecule has 0 bridgehead atoms. The summed E-state index contributed by atoms with van der Waals surface area (Å²) in [6, 6.07) is 0. The van der Waals surface area contributed by atoms with Gasteiger partial charge in [0.1, 0.15) is 0 Å². The first-order valence-corrected chi connectivity index (χ1v) is 5.67. The Labute approximate surface area is 98.1 Å². The van der Waals surface area contributed by atoms with Crippen LogP contribution < -0.4 is 0 Å². The van der Waals surface area contributed by atoms with Crippen molar-refractivity contribution in [2.75, 3.05) is 13.1 Å². The second-order valence-electron chi connectivity index (χ2n) is 4.26. The zero-order chi connectivity index (χ0) is 12.1. The fraction of sp³-hybridized carbons (Fsp3) is 1.00. The van der Waals surface area contributed by atoms with E-state index in [-0.39, 0.29) is 25.3 Å². The Morgan fingerprint density at radius 1 is 1.00 bits per heavy atom. The van der Waals surface area contributed by atoms with Crippen molar-refractivity contribution in [2.24, 2.45) is 10.2 Å². The number of azide groups is 2. The molecule has 2 fully saturated rings. The Balaban J connectivity index is 2.05. The molecule has 92 valence electrons. The molecule has 2 aliphatic rings. The third-order valence-corrected chi connectivity index (χ3v) is 3.16. The first-order valence-electron chi connectivity index (χ1n) is 5.67. The van der Waals surface area contributed by atoms with Crippen LogP contribution in [0.25, 0.3) is 20.9 Å². The minimum atomic E-state index is -0.536. The summed E-state index contributed by atoms with van der Waals surface area (Å²) in [7, 11) is 0. The van der Waals surface area contributed by atoms with E-state index in [1.165, 1.54) is 0 Å². The van der Waals surface area contributed by atoms with Crippen LogP contribution in [0.15, 0.2) is 10.2 Å². The van der Waals surface area contributed by atoms with E-state index in [0.717, 1.165) is 25.7 Å². The van der Waals surface area contributed by atoms with Crippen LogP contribution in [0.3, 0.4) is 0 Å². The van der Waals surface area contributed by atoms with Gasteiger partial charge < -0.3 is 9.47 Å². The highest BCUT2D eigenvalue weighted by Gasteiger charge is 2.48. The third-order valence-electron chi connectivity index (χ3n) is 3.16. The van der Waals surface area contributed by atoms with Crippen LogP contribution in [0, 0.1) is 0 Å². The van der Waals surface area contributed by atoms with Crippen LogP contribution >= 0.6 is 0 Å². The molecule has 0 N–H and O–H groups in total. The van der Waals surface area contributed by atoms with Crippen LogP contribution in [-0.4, -0.2) is 31.1 Å². The molecule has 1 aliphatic carbocycles. The van der Waals surface area contributed by atoms with Crippen molar-refractivity contribution in [1.29, 1.82) is 0 Å². The highest BCUT2D eigenvalue weighted by Crippen LogP contribution is 2.42. The second-order valence-corrected chi connectivity index (χ2v) is 4.26. The molecule has 0 aromatic rings. The van der Waals surface area contributed by atoms with Gasteiger partial charge in [-0.3, -0.25) is 0 Å². The molecule has 0 radical (unpaired) electrons. The highest BCUT2D eigenvalue weighted by molar-refractivity contribution is 4.91. The summed E-state index contributed by atoms with van der Waals surface area (Å²) in [5.41, 5.74) is 16.7. The highest BCUT2D eigenvalue weighted by atomic mass is 16.8. The minimum absolute atomic E-state index is 0.212. The Bertz CT molecular complexity index is 338. The molecule has 17 heavy (non-hydrogen) atoms. The first kappa shape index (κ1) is 12.0. The molecule has 0 aromatic heterocycles. The van der Waals surface area contributed by atoms with Gasteiger partial charge in [0, 0.05) is 22.7 Å². The van der Waals surface area contributed by atoms with Gasteiger partial charge in [0.25, 0.3) is 0 Å². The number of hydrogen-bond acceptors (Lipinski definition) is 4. The van der Waals surface area contributed by atoms with E-state index >= 15 is 0 Å². The van der Waals surface area contributed by atoms with Gasteiger partial charge in [-0.25, -0.2) is 0 Å². The van der Waals surface area contributed by atoms with Gasteiger partial charge in [-0.1, -0.05) is 10.2 Å². The summed E-state index contributed by atoms with van der Waals surface area (Å²) in [6.45, 7) is 0.424. The molecule has 0 aromatic carbocycles. The van der Waals surface area contributed by atoms with Crippen LogP contribution in [0.5, 0.6) is 0 Å². The van der Waals surface area contributed by atoms with Crippen LogP contribution in [0.2, 0.25) is 0 Å². The SMILES string of the molecule is [N-]=[N+]=NC[C@@H]1OC2(CCCC2)O[C@H]1CN=[N+]=[N-]. The van der Waals surface area contributed by atoms with Gasteiger partial charge in [0.15, 0.2) is 5.79 Å². The Kier molecular flexibility index (Phi) is 3.71. The summed E-state index contributed by atoms with van der Waals surface area (Å²) in [5.74, 6) is -0.536. The number of ether oxygens (including phenoxy) is 2. The summed E-state index contributed by atoms with van der Waals surface area (Å²) in [4.78, 5) is 5.43. The first-order chi connectivity index (χ1) is 8.29. The molecule has 0 amide bonds. The van der Waals surface area contributed by atoms with Crippen molar-refractivity contribution in [3.8, 4) is 0 Å². The van der Waals surface area contributed by atoms with Crippen molar-refractivity contribution in [2.45, 2.75) is 43.7 Å².